The highest BCUT2D eigenvalue weighted by Crippen LogP contribution is 2.38. The minimum Gasteiger partial charge on any atom is -0.489 e. The number of carbonyl (C=O) groups excluding carboxylic acids is 1. The average molecular weight is 309 g/mol. The van der Waals surface area contributed by atoms with Gasteiger partial charge in [-0.2, -0.15) is 5.26 Å². The minimum atomic E-state index is -0.227. The zero-order valence-electron chi connectivity index (χ0n) is 12.1. The number of carbonyl (C=O) groups is 1. The lowest BCUT2D eigenvalue weighted by Gasteiger charge is -2.19. The molecule has 0 aromatic heterocycles. The number of rotatable bonds is 3. The quantitative estimate of drug-likeness (QED) is 0.861. The number of amides is 1. The van der Waals surface area contributed by atoms with E-state index < -0.39 is 0 Å². The van der Waals surface area contributed by atoms with Gasteiger partial charge in [0.15, 0.2) is 11.5 Å². The number of nitriles is 1. The molecule has 2 rings (SSSR count). The van der Waals surface area contributed by atoms with Crippen molar-refractivity contribution in [3.8, 4) is 17.6 Å². The minimum absolute atomic E-state index is 0.199. The third-order valence-electron chi connectivity index (χ3n) is 3.16. The molecule has 0 unspecified atom stereocenters. The van der Waals surface area contributed by atoms with Crippen LogP contribution in [0.3, 0.4) is 0 Å². The van der Waals surface area contributed by atoms with Gasteiger partial charge in [0.2, 0.25) is 0 Å². The maximum Gasteiger partial charge on any atom is 0.253 e. The van der Waals surface area contributed by atoms with E-state index in [1.165, 1.54) is 4.90 Å². The standard InChI is InChI=1S/C15H17ClN2O3/c1-10(8-17)9-18(2)15(19)11-6-12(16)14-13(7-11)20-4-3-5-21-14/h6-7,10H,3-5,9H2,1-2H3/t10-/m0/s1. The summed E-state index contributed by atoms with van der Waals surface area (Å²) in [7, 11) is 1.66. The van der Waals surface area contributed by atoms with E-state index in [-0.39, 0.29) is 11.8 Å². The molecule has 112 valence electrons. The van der Waals surface area contributed by atoms with Gasteiger partial charge in [-0.15, -0.1) is 0 Å². The summed E-state index contributed by atoms with van der Waals surface area (Å²) in [6.45, 7) is 3.20. The molecule has 0 saturated carbocycles. The fourth-order valence-corrected chi connectivity index (χ4v) is 2.37. The molecule has 0 fully saturated rings. The molecule has 0 bridgehead atoms. The predicted octanol–water partition coefficient (Wildman–Crippen LogP) is 2.73. The second-order valence-electron chi connectivity index (χ2n) is 5.05. The normalized spacial score (nSPS) is 14.8. The molecule has 0 saturated heterocycles. The van der Waals surface area contributed by atoms with Crippen molar-refractivity contribution in [3.05, 3.63) is 22.7 Å². The Balaban J connectivity index is 2.24. The number of nitrogens with zero attached hydrogens (tertiary/aromatic N) is 2. The van der Waals surface area contributed by atoms with Crippen LogP contribution in [0.25, 0.3) is 0 Å². The third kappa shape index (κ3) is 3.59. The van der Waals surface area contributed by atoms with E-state index in [2.05, 4.69) is 6.07 Å². The third-order valence-corrected chi connectivity index (χ3v) is 3.44. The first-order valence-electron chi connectivity index (χ1n) is 6.77. The van der Waals surface area contributed by atoms with Gasteiger partial charge in [-0.3, -0.25) is 4.79 Å². The van der Waals surface area contributed by atoms with Gasteiger partial charge in [-0.1, -0.05) is 11.6 Å². The molecule has 5 nitrogen and oxygen atoms in total. The Bertz CT molecular complexity index is 583. The van der Waals surface area contributed by atoms with Crippen LogP contribution in [0.1, 0.15) is 23.7 Å². The van der Waals surface area contributed by atoms with Crippen molar-refractivity contribution < 1.29 is 14.3 Å². The van der Waals surface area contributed by atoms with Gasteiger partial charge in [-0.25, -0.2) is 0 Å². The summed E-state index contributed by atoms with van der Waals surface area (Å²) >= 11 is 6.17. The first kappa shape index (κ1) is 15.5. The summed E-state index contributed by atoms with van der Waals surface area (Å²) in [4.78, 5) is 13.9. The molecule has 0 N–H and O–H groups in total. The topological polar surface area (TPSA) is 62.6 Å². The van der Waals surface area contributed by atoms with Crippen LogP contribution in [0.2, 0.25) is 5.02 Å². The molecule has 1 aromatic rings. The molecule has 1 heterocycles. The van der Waals surface area contributed by atoms with Crippen LogP contribution in [-0.2, 0) is 0 Å². The Hall–Kier alpha value is -1.93. The van der Waals surface area contributed by atoms with Gasteiger partial charge in [0.25, 0.3) is 5.91 Å². The van der Waals surface area contributed by atoms with Crippen molar-refractivity contribution in [2.45, 2.75) is 13.3 Å². The van der Waals surface area contributed by atoms with E-state index in [9.17, 15) is 4.79 Å². The summed E-state index contributed by atoms with van der Waals surface area (Å²) in [5, 5.41) is 9.18. The second kappa shape index (κ2) is 6.68. The number of fused-ring (bicyclic) bond motifs is 1. The van der Waals surface area contributed by atoms with Gasteiger partial charge < -0.3 is 14.4 Å². The van der Waals surface area contributed by atoms with Crippen molar-refractivity contribution in [3.63, 3.8) is 0 Å². The lowest BCUT2D eigenvalue weighted by Crippen LogP contribution is -2.30. The zero-order valence-corrected chi connectivity index (χ0v) is 12.8. The van der Waals surface area contributed by atoms with E-state index in [0.717, 1.165) is 6.42 Å². The van der Waals surface area contributed by atoms with Gasteiger partial charge in [0, 0.05) is 25.6 Å². The summed E-state index contributed by atoms with van der Waals surface area (Å²) in [6.07, 6.45) is 0.772. The molecule has 0 aliphatic carbocycles. The summed E-state index contributed by atoms with van der Waals surface area (Å²) in [6, 6.07) is 5.32. The summed E-state index contributed by atoms with van der Waals surface area (Å²) in [5.41, 5.74) is 0.428. The molecule has 1 aliphatic heterocycles. The number of ether oxygens (including phenoxy) is 2. The number of benzene rings is 1. The molecule has 1 amide bonds. The molecule has 1 aliphatic rings. The van der Waals surface area contributed by atoms with Crippen molar-refractivity contribution in [2.75, 3.05) is 26.8 Å². The Morgan fingerprint density at radius 2 is 2.19 bits per heavy atom. The Morgan fingerprint density at radius 3 is 2.90 bits per heavy atom. The van der Waals surface area contributed by atoms with Crippen LogP contribution in [-0.4, -0.2) is 37.6 Å². The fraction of sp³-hybridized carbons (Fsp3) is 0.467. The number of hydrogen-bond acceptors (Lipinski definition) is 4. The lowest BCUT2D eigenvalue weighted by atomic mass is 10.1. The van der Waals surface area contributed by atoms with Crippen molar-refractivity contribution in [1.82, 2.24) is 4.90 Å². The molecule has 21 heavy (non-hydrogen) atoms. The maximum absolute atomic E-state index is 12.4. The van der Waals surface area contributed by atoms with Crippen LogP contribution >= 0.6 is 11.6 Å². The molecular weight excluding hydrogens is 292 g/mol. The smallest absolute Gasteiger partial charge is 0.253 e. The summed E-state index contributed by atoms with van der Waals surface area (Å²) < 4.78 is 11.1. The van der Waals surface area contributed by atoms with Crippen molar-refractivity contribution >= 4 is 17.5 Å². The monoisotopic (exact) mass is 308 g/mol. The zero-order chi connectivity index (χ0) is 15.4. The Morgan fingerprint density at radius 1 is 1.48 bits per heavy atom. The highest BCUT2D eigenvalue weighted by atomic mass is 35.5. The SMILES string of the molecule is C[C@@H](C#N)CN(C)C(=O)c1cc(Cl)c2c(c1)OCCCO2. The van der Waals surface area contributed by atoms with Gasteiger partial charge in [-0.05, 0) is 19.1 Å². The largest absolute Gasteiger partial charge is 0.489 e. The first-order chi connectivity index (χ1) is 10.0. The van der Waals surface area contributed by atoms with Gasteiger partial charge in [0.05, 0.1) is 30.2 Å². The van der Waals surface area contributed by atoms with Crippen LogP contribution in [0.15, 0.2) is 12.1 Å². The van der Waals surface area contributed by atoms with Crippen LogP contribution in [0.5, 0.6) is 11.5 Å². The predicted molar refractivity (Wildman–Crippen MR) is 78.8 cm³/mol. The van der Waals surface area contributed by atoms with Crippen LogP contribution in [0, 0.1) is 17.2 Å². The first-order valence-corrected chi connectivity index (χ1v) is 7.15. The highest BCUT2D eigenvalue weighted by molar-refractivity contribution is 6.32. The molecule has 1 aromatic carbocycles. The van der Waals surface area contributed by atoms with E-state index >= 15 is 0 Å². The Kier molecular flexibility index (Phi) is 4.92. The van der Waals surface area contributed by atoms with Gasteiger partial charge in [0.1, 0.15) is 0 Å². The highest BCUT2D eigenvalue weighted by Gasteiger charge is 2.21. The molecular formula is C15H17ClN2O3. The van der Waals surface area contributed by atoms with E-state index in [1.807, 2.05) is 0 Å². The van der Waals surface area contributed by atoms with E-state index in [0.29, 0.717) is 41.8 Å². The number of halogens is 1. The van der Waals surface area contributed by atoms with Crippen LogP contribution < -0.4 is 9.47 Å². The van der Waals surface area contributed by atoms with Crippen molar-refractivity contribution in [2.24, 2.45) is 5.92 Å². The van der Waals surface area contributed by atoms with E-state index in [1.54, 1.807) is 26.1 Å². The van der Waals surface area contributed by atoms with Crippen molar-refractivity contribution in [1.29, 1.82) is 5.26 Å². The molecule has 1 atom stereocenters. The fourth-order valence-electron chi connectivity index (χ4n) is 2.11. The average Bonchev–Trinajstić information content (AvgIpc) is 2.71. The Labute approximate surface area is 129 Å². The maximum atomic E-state index is 12.4. The second-order valence-corrected chi connectivity index (χ2v) is 5.46. The molecule has 0 radical (unpaired) electrons. The van der Waals surface area contributed by atoms with E-state index in [4.69, 9.17) is 26.3 Å². The molecule has 6 heteroatoms. The lowest BCUT2D eigenvalue weighted by molar-refractivity contribution is 0.0784. The summed E-state index contributed by atoms with van der Waals surface area (Å²) in [5.74, 6) is 0.549. The van der Waals surface area contributed by atoms with Crippen LogP contribution in [0.4, 0.5) is 0 Å². The van der Waals surface area contributed by atoms with Gasteiger partial charge >= 0.3 is 0 Å². The molecule has 0 spiro atoms. The number of hydrogen-bond donors (Lipinski definition) is 0.